The summed E-state index contributed by atoms with van der Waals surface area (Å²) in [4.78, 5) is 11.4. The molecule has 1 aromatic heterocycles. The van der Waals surface area contributed by atoms with Gasteiger partial charge in [0.1, 0.15) is 6.54 Å². The molecule has 1 N–H and O–H groups in total. The van der Waals surface area contributed by atoms with Crippen molar-refractivity contribution in [2.45, 2.75) is 13.1 Å². The van der Waals surface area contributed by atoms with Crippen LogP contribution in [-0.4, -0.2) is 18.6 Å². The highest BCUT2D eigenvalue weighted by atomic mass is 32.1. The molecule has 0 radical (unpaired) electrons. The lowest BCUT2D eigenvalue weighted by Gasteiger charge is -2.06. The van der Waals surface area contributed by atoms with Crippen LogP contribution in [0.3, 0.4) is 0 Å². The summed E-state index contributed by atoms with van der Waals surface area (Å²) in [6, 6.07) is 1.55. The number of nitrogens with one attached hydrogen (secondary N) is 1. The van der Waals surface area contributed by atoms with Crippen LogP contribution in [0.25, 0.3) is 0 Å². The van der Waals surface area contributed by atoms with Crippen LogP contribution in [0.15, 0.2) is 11.4 Å². The largest absolute Gasteiger partial charge is 0.405 e. The van der Waals surface area contributed by atoms with Crippen molar-refractivity contribution in [3.05, 3.63) is 21.9 Å². The predicted molar refractivity (Wildman–Crippen MR) is 47.4 cm³/mol. The molecule has 0 aliphatic rings. The van der Waals surface area contributed by atoms with Gasteiger partial charge in [0.05, 0.1) is 4.88 Å². The topological polar surface area (TPSA) is 29.1 Å². The minimum absolute atomic E-state index is 0.298. The second-order valence-electron chi connectivity index (χ2n) is 2.79. The van der Waals surface area contributed by atoms with E-state index < -0.39 is 18.6 Å². The number of carbonyl (C=O) groups excluding carboxylic acids is 1. The van der Waals surface area contributed by atoms with Crippen molar-refractivity contribution < 1.29 is 18.0 Å². The fraction of sp³-hybridized carbons (Fsp3) is 0.375. The van der Waals surface area contributed by atoms with Crippen LogP contribution in [0.1, 0.15) is 15.2 Å². The molecule has 0 spiro atoms. The molecule has 1 rings (SSSR count). The second kappa shape index (κ2) is 4.00. The van der Waals surface area contributed by atoms with E-state index >= 15 is 0 Å². The maximum absolute atomic E-state index is 11.7. The molecule has 0 aromatic carbocycles. The van der Waals surface area contributed by atoms with Crippen molar-refractivity contribution in [3.63, 3.8) is 0 Å². The summed E-state index contributed by atoms with van der Waals surface area (Å²) >= 11 is 1.13. The third kappa shape index (κ3) is 3.37. The molecule has 1 heterocycles. The van der Waals surface area contributed by atoms with Crippen LogP contribution in [0, 0.1) is 6.92 Å². The smallest absolute Gasteiger partial charge is 0.342 e. The Balaban J connectivity index is 2.52. The van der Waals surface area contributed by atoms with Gasteiger partial charge >= 0.3 is 6.18 Å². The summed E-state index contributed by atoms with van der Waals surface area (Å²) in [6.45, 7) is 0.486. The zero-order valence-electron chi connectivity index (χ0n) is 7.31. The van der Waals surface area contributed by atoms with E-state index in [0.29, 0.717) is 4.88 Å². The van der Waals surface area contributed by atoms with E-state index in [4.69, 9.17) is 0 Å². The summed E-state index contributed by atoms with van der Waals surface area (Å²) in [5.74, 6) is -0.680. The molecular formula is C8H8F3NOS. The first-order valence-electron chi connectivity index (χ1n) is 3.78. The van der Waals surface area contributed by atoms with E-state index in [2.05, 4.69) is 0 Å². The summed E-state index contributed by atoms with van der Waals surface area (Å²) in [7, 11) is 0. The van der Waals surface area contributed by atoms with E-state index in [1.165, 1.54) is 0 Å². The van der Waals surface area contributed by atoms with Crippen molar-refractivity contribution in [1.29, 1.82) is 0 Å². The van der Waals surface area contributed by atoms with Gasteiger partial charge in [-0.3, -0.25) is 4.79 Å². The molecule has 78 valence electrons. The van der Waals surface area contributed by atoms with Gasteiger partial charge < -0.3 is 5.32 Å². The average Bonchev–Trinajstić information content (AvgIpc) is 2.46. The third-order valence-electron chi connectivity index (χ3n) is 1.40. The van der Waals surface area contributed by atoms with E-state index in [1.54, 1.807) is 23.7 Å². The maximum Gasteiger partial charge on any atom is 0.405 e. The Hall–Kier alpha value is -1.04. The molecule has 0 aliphatic heterocycles. The van der Waals surface area contributed by atoms with Gasteiger partial charge in [-0.25, -0.2) is 0 Å². The first kappa shape index (κ1) is 11.0. The number of amides is 1. The first-order valence-corrected chi connectivity index (χ1v) is 4.66. The van der Waals surface area contributed by atoms with Crippen LogP contribution in [0.2, 0.25) is 0 Å². The van der Waals surface area contributed by atoms with Crippen LogP contribution < -0.4 is 5.32 Å². The molecule has 0 fully saturated rings. The van der Waals surface area contributed by atoms with E-state index in [-0.39, 0.29) is 0 Å². The van der Waals surface area contributed by atoms with Crippen molar-refractivity contribution >= 4 is 17.2 Å². The van der Waals surface area contributed by atoms with E-state index in [1.807, 2.05) is 0 Å². The molecule has 1 aromatic rings. The number of rotatable bonds is 2. The normalized spacial score (nSPS) is 11.4. The predicted octanol–water partition coefficient (Wildman–Crippen LogP) is 2.35. The molecule has 6 heteroatoms. The number of hydrogen-bond acceptors (Lipinski definition) is 2. The molecule has 0 unspecified atom stereocenters. The van der Waals surface area contributed by atoms with Gasteiger partial charge in [-0.15, -0.1) is 11.3 Å². The minimum atomic E-state index is -4.36. The van der Waals surface area contributed by atoms with Gasteiger partial charge in [0.25, 0.3) is 5.91 Å². The van der Waals surface area contributed by atoms with E-state index in [0.717, 1.165) is 16.9 Å². The zero-order chi connectivity index (χ0) is 10.8. The maximum atomic E-state index is 11.7. The summed E-state index contributed by atoms with van der Waals surface area (Å²) in [5.41, 5.74) is 0.868. The second-order valence-corrected chi connectivity index (χ2v) is 3.70. The van der Waals surface area contributed by atoms with Gasteiger partial charge in [-0.2, -0.15) is 13.2 Å². The molecule has 1 amide bonds. The van der Waals surface area contributed by atoms with Crippen molar-refractivity contribution in [2.24, 2.45) is 0 Å². The molecule has 14 heavy (non-hydrogen) atoms. The number of aryl methyl sites for hydroxylation is 1. The highest BCUT2D eigenvalue weighted by molar-refractivity contribution is 7.12. The lowest BCUT2D eigenvalue weighted by molar-refractivity contribution is -0.123. The highest BCUT2D eigenvalue weighted by Crippen LogP contribution is 2.15. The van der Waals surface area contributed by atoms with Crippen molar-refractivity contribution in [1.82, 2.24) is 5.32 Å². The molecule has 0 aliphatic carbocycles. The number of carbonyl (C=O) groups is 1. The summed E-state index contributed by atoms with van der Waals surface area (Å²) in [5, 5.41) is 3.51. The molecule has 0 bridgehead atoms. The van der Waals surface area contributed by atoms with Gasteiger partial charge in [0, 0.05) is 0 Å². The van der Waals surface area contributed by atoms with Gasteiger partial charge in [-0.1, -0.05) is 0 Å². The average molecular weight is 223 g/mol. The highest BCUT2D eigenvalue weighted by Gasteiger charge is 2.28. The monoisotopic (exact) mass is 223 g/mol. The van der Waals surface area contributed by atoms with Crippen LogP contribution >= 0.6 is 11.3 Å². The Morgan fingerprint density at radius 2 is 2.21 bits per heavy atom. The quantitative estimate of drug-likeness (QED) is 0.819. The molecule has 0 saturated carbocycles. The third-order valence-corrected chi connectivity index (χ3v) is 2.45. The Kier molecular flexibility index (Phi) is 3.15. The van der Waals surface area contributed by atoms with E-state index in [9.17, 15) is 18.0 Å². The standard InChI is InChI=1S/C8H8F3NOS/c1-5-2-6(14-3-5)7(13)12-4-8(9,10)11/h2-3H,4H2,1H3,(H,12,13). The van der Waals surface area contributed by atoms with Crippen molar-refractivity contribution in [3.8, 4) is 0 Å². The Morgan fingerprint density at radius 3 is 2.64 bits per heavy atom. The lowest BCUT2D eigenvalue weighted by Crippen LogP contribution is -2.33. The lowest BCUT2D eigenvalue weighted by atomic mass is 10.3. The Morgan fingerprint density at radius 1 is 1.57 bits per heavy atom. The van der Waals surface area contributed by atoms with Crippen LogP contribution in [-0.2, 0) is 0 Å². The number of thiophene rings is 1. The summed E-state index contributed by atoms with van der Waals surface area (Å²) < 4.78 is 35.2. The molecule has 0 atom stereocenters. The summed E-state index contributed by atoms with van der Waals surface area (Å²) in [6.07, 6.45) is -4.36. The van der Waals surface area contributed by atoms with Crippen LogP contribution in [0.5, 0.6) is 0 Å². The number of hydrogen-bond donors (Lipinski definition) is 1. The first-order chi connectivity index (χ1) is 6.38. The molecule has 2 nitrogen and oxygen atoms in total. The van der Waals surface area contributed by atoms with Gasteiger partial charge in [0.15, 0.2) is 0 Å². The Labute approximate surface area is 82.7 Å². The number of halogens is 3. The van der Waals surface area contributed by atoms with Crippen LogP contribution in [0.4, 0.5) is 13.2 Å². The van der Waals surface area contributed by atoms with Crippen molar-refractivity contribution in [2.75, 3.05) is 6.54 Å². The van der Waals surface area contributed by atoms with Gasteiger partial charge in [0.2, 0.25) is 0 Å². The Bertz CT molecular complexity index is 332. The number of alkyl halides is 3. The van der Waals surface area contributed by atoms with Gasteiger partial charge in [-0.05, 0) is 23.9 Å². The molecule has 0 saturated heterocycles. The SMILES string of the molecule is Cc1csc(C(=O)NCC(F)(F)F)c1. The fourth-order valence-corrected chi connectivity index (χ4v) is 1.63. The molecular weight excluding hydrogens is 215 g/mol. The fourth-order valence-electron chi connectivity index (χ4n) is 0.818. The minimum Gasteiger partial charge on any atom is -0.342 e. The zero-order valence-corrected chi connectivity index (χ0v) is 8.13.